The number of benzene rings is 1. The fourth-order valence-corrected chi connectivity index (χ4v) is 1.81. The monoisotopic (exact) mass is 191 g/mol. The highest BCUT2D eigenvalue weighted by Crippen LogP contribution is 2.22. The SMILES string of the molecule is CN1CCOC(c2ccccc2)CC1. The van der Waals surface area contributed by atoms with E-state index in [0.717, 1.165) is 26.1 Å². The van der Waals surface area contributed by atoms with Crippen LogP contribution in [0.15, 0.2) is 30.3 Å². The molecule has 0 spiro atoms. The Hall–Kier alpha value is -0.860. The summed E-state index contributed by atoms with van der Waals surface area (Å²) in [6.45, 7) is 3.01. The van der Waals surface area contributed by atoms with Gasteiger partial charge in [0.2, 0.25) is 0 Å². The van der Waals surface area contributed by atoms with Crippen molar-refractivity contribution in [3.8, 4) is 0 Å². The third-order valence-corrected chi connectivity index (χ3v) is 2.74. The molecule has 2 heteroatoms. The van der Waals surface area contributed by atoms with Gasteiger partial charge in [-0.2, -0.15) is 0 Å². The summed E-state index contributed by atoms with van der Waals surface area (Å²) in [4.78, 5) is 2.32. The van der Waals surface area contributed by atoms with E-state index in [2.05, 4.69) is 36.2 Å². The molecule has 0 aliphatic carbocycles. The van der Waals surface area contributed by atoms with E-state index in [4.69, 9.17) is 4.74 Å². The molecular weight excluding hydrogens is 174 g/mol. The van der Waals surface area contributed by atoms with Crippen molar-refractivity contribution in [1.29, 1.82) is 0 Å². The van der Waals surface area contributed by atoms with Gasteiger partial charge < -0.3 is 9.64 Å². The zero-order valence-electron chi connectivity index (χ0n) is 8.65. The molecule has 1 unspecified atom stereocenters. The molecule has 1 aliphatic heterocycles. The second-order valence-electron chi connectivity index (χ2n) is 3.86. The van der Waals surface area contributed by atoms with Gasteiger partial charge in [-0.05, 0) is 19.0 Å². The largest absolute Gasteiger partial charge is 0.372 e. The first-order chi connectivity index (χ1) is 6.86. The average molecular weight is 191 g/mol. The smallest absolute Gasteiger partial charge is 0.0837 e. The first-order valence-electron chi connectivity index (χ1n) is 5.21. The van der Waals surface area contributed by atoms with Crippen LogP contribution in [-0.4, -0.2) is 31.6 Å². The Labute approximate surface area is 85.5 Å². The van der Waals surface area contributed by atoms with Gasteiger partial charge in [-0.3, -0.25) is 0 Å². The molecule has 76 valence electrons. The van der Waals surface area contributed by atoms with Gasteiger partial charge >= 0.3 is 0 Å². The molecule has 1 aromatic rings. The highest BCUT2D eigenvalue weighted by Gasteiger charge is 2.16. The third kappa shape index (κ3) is 2.34. The van der Waals surface area contributed by atoms with E-state index in [0.29, 0.717) is 6.10 Å². The fourth-order valence-electron chi connectivity index (χ4n) is 1.81. The van der Waals surface area contributed by atoms with Gasteiger partial charge in [0, 0.05) is 13.1 Å². The maximum Gasteiger partial charge on any atom is 0.0837 e. The van der Waals surface area contributed by atoms with Crippen molar-refractivity contribution in [2.75, 3.05) is 26.7 Å². The molecule has 2 rings (SSSR count). The minimum absolute atomic E-state index is 0.293. The molecule has 0 aromatic heterocycles. The van der Waals surface area contributed by atoms with Crippen molar-refractivity contribution in [2.24, 2.45) is 0 Å². The predicted octanol–water partition coefficient (Wildman–Crippen LogP) is 2.08. The van der Waals surface area contributed by atoms with Crippen molar-refractivity contribution in [1.82, 2.24) is 4.90 Å². The number of rotatable bonds is 1. The van der Waals surface area contributed by atoms with Gasteiger partial charge in [0.1, 0.15) is 0 Å². The second-order valence-corrected chi connectivity index (χ2v) is 3.86. The van der Waals surface area contributed by atoms with Crippen LogP contribution in [0.2, 0.25) is 0 Å². The number of likely N-dealkylation sites (N-methyl/N-ethyl adjacent to an activating group) is 1. The molecule has 1 aromatic carbocycles. The van der Waals surface area contributed by atoms with Crippen molar-refractivity contribution >= 4 is 0 Å². The zero-order chi connectivity index (χ0) is 9.80. The van der Waals surface area contributed by atoms with Crippen LogP contribution < -0.4 is 0 Å². The van der Waals surface area contributed by atoms with Crippen molar-refractivity contribution in [3.05, 3.63) is 35.9 Å². The maximum absolute atomic E-state index is 5.82. The molecule has 2 nitrogen and oxygen atoms in total. The van der Waals surface area contributed by atoms with E-state index in [9.17, 15) is 0 Å². The Morgan fingerprint density at radius 1 is 1.21 bits per heavy atom. The lowest BCUT2D eigenvalue weighted by Crippen LogP contribution is -2.20. The van der Waals surface area contributed by atoms with E-state index in [-0.39, 0.29) is 0 Å². The van der Waals surface area contributed by atoms with Gasteiger partial charge in [0.25, 0.3) is 0 Å². The van der Waals surface area contributed by atoms with Gasteiger partial charge in [-0.1, -0.05) is 30.3 Å². The van der Waals surface area contributed by atoms with E-state index in [1.165, 1.54) is 5.56 Å². The standard InChI is InChI=1S/C12H17NO/c1-13-8-7-12(14-10-9-13)11-5-3-2-4-6-11/h2-6,12H,7-10H2,1H3. The summed E-state index contributed by atoms with van der Waals surface area (Å²) in [5.41, 5.74) is 1.31. The first kappa shape index (κ1) is 9.69. The molecule has 1 saturated heterocycles. The third-order valence-electron chi connectivity index (χ3n) is 2.74. The summed E-state index contributed by atoms with van der Waals surface area (Å²) in [5, 5.41) is 0. The van der Waals surface area contributed by atoms with Crippen LogP contribution in [0.5, 0.6) is 0 Å². The van der Waals surface area contributed by atoms with Crippen LogP contribution in [0.1, 0.15) is 18.1 Å². The topological polar surface area (TPSA) is 12.5 Å². The van der Waals surface area contributed by atoms with E-state index < -0.39 is 0 Å². The molecule has 1 aliphatic rings. The summed E-state index contributed by atoms with van der Waals surface area (Å²) in [6.07, 6.45) is 1.39. The quantitative estimate of drug-likeness (QED) is 0.674. The van der Waals surface area contributed by atoms with Gasteiger partial charge in [-0.15, -0.1) is 0 Å². The molecule has 0 bridgehead atoms. The highest BCUT2D eigenvalue weighted by atomic mass is 16.5. The van der Waals surface area contributed by atoms with Crippen LogP contribution in [-0.2, 0) is 4.74 Å². The molecule has 0 amide bonds. The van der Waals surface area contributed by atoms with Crippen molar-refractivity contribution in [2.45, 2.75) is 12.5 Å². The molecule has 1 fully saturated rings. The van der Waals surface area contributed by atoms with Crippen LogP contribution in [0.4, 0.5) is 0 Å². The molecule has 0 N–H and O–H groups in total. The predicted molar refractivity (Wildman–Crippen MR) is 57.2 cm³/mol. The Morgan fingerprint density at radius 3 is 2.79 bits per heavy atom. The van der Waals surface area contributed by atoms with Crippen LogP contribution in [0, 0.1) is 0 Å². The zero-order valence-corrected chi connectivity index (χ0v) is 8.65. The van der Waals surface area contributed by atoms with Crippen molar-refractivity contribution in [3.63, 3.8) is 0 Å². The summed E-state index contributed by atoms with van der Waals surface area (Å²) in [7, 11) is 2.15. The van der Waals surface area contributed by atoms with Crippen LogP contribution in [0.25, 0.3) is 0 Å². The lowest BCUT2D eigenvalue weighted by atomic mass is 10.1. The molecule has 0 radical (unpaired) electrons. The first-order valence-corrected chi connectivity index (χ1v) is 5.21. The molecular formula is C12H17NO. The molecule has 14 heavy (non-hydrogen) atoms. The number of hydrogen-bond acceptors (Lipinski definition) is 2. The minimum Gasteiger partial charge on any atom is -0.372 e. The summed E-state index contributed by atoms with van der Waals surface area (Å²) in [5.74, 6) is 0. The number of hydrogen-bond donors (Lipinski definition) is 0. The van der Waals surface area contributed by atoms with Gasteiger partial charge in [0.05, 0.1) is 12.7 Å². The van der Waals surface area contributed by atoms with Crippen LogP contribution >= 0.6 is 0 Å². The fraction of sp³-hybridized carbons (Fsp3) is 0.500. The summed E-state index contributed by atoms with van der Waals surface area (Å²) >= 11 is 0. The Bertz CT molecular complexity index is 273. The Balaban J connectivity index is 2.04. The Kier molecular flexibility index (Phi) is 3.17. The lowest BCUT2D eigenvalue weighted by Gasteiger charge is -2.14. The average Bonchev–Trinajstić information content (AvgIpc) is 2.44. The molecule has 1 heterocycles. The molecule has 1 atom stereocenters. The summed E-state index contributed by atoms with van der Waals surface area (Å²) < 4.78 is 5.82. The molecule has 0 saturated carbocycles. The summed E-state index contributed by atoms with van der Waals surface area (Å²) in [6, 6.07) is 10.5. The maximum atomic E-state index is 5.82. The minimum atomic E-state index is 0.293. The Morgan fingerprint density at radius 2 is 2.00 bits per heavy atom. The second kappa shape index (κ2) is 4.58. The van der Waals surface area contributed by atoms with Gasteiger partial charge in [0.15, 0.2) is 0 Å². The van der Waals surface area contributed by atoms with E-state index in [1.54, 1.807) is 0 Å². The lowest BCUT2D eigenvalue weighted by molar-refractivity contribution is 0.0624. The van der Waals surface area contributed by atoms with Gasteiger partial charge in [-0.25, -0.2) is 0 Å². The normalized spacial score (nSPS) is 24.5. The van der Waals surface area contributed by atoms with E-state index >= 15 is 0 Å². The highest BCUT2D eigenvalue weighted by molar-refractivity contribution is 5.17. The van der Waals surface area contributed by atoms with E-state index in [1.807, 2.05) is 6.07 Å². The van der Waals surface area contributed by atoms with Crippen LogP contribution in [0.3, 0.4) is 0 Å². The number of nitrogens with zero attached hydrogens (tertiary/aromatic N) is 1. The van der Waals surface area contributed by atoms with Crippen molar-refractivity contribution < 1.29 is 4.74 Å². The number of ether oxygens (including phenoxy) is 1.